The number of rotatable bonds is 3. The summed E-state index contributed by atoms with van der Waals surface area (Å²) in [5, 5.41) is 0. The lowest BCUT2D eigenvalue weighted by molar-refractivity contribution is -0.239. The van der Waals surface area contributed by atoms with Gasteiger partial charge in [0.1, 0.15) is 6.42 Å². The molecule has 13 heavy (non-hydrogen) atoms. The van der Waals surface area contributed by atoms with E-state index >= 15 is 0 Å². The Morgan fingerprint density at radius 1 is 1.38 bits per heavy atom. The molecular formula is C8H11ClO4. The molecule has 1 fully saturated rings. The number of carbonyl (C=O) groups is 2. The minimum absolute atomic E-state index is 0.295. The molecule has 0 aromatic carbocycles. The molecule has 74 valence electrons. The van der Waals surface area contributed by atoms with Gasteiger partial charge < -0.3 is 9.47 Å². The van der Waals surface area contributed by atoms with Crippen molar-refractivity contribution in [1.82, 2.24) is 0 Å². The molecule has 0 amide bonds. The standard InChI is InChI=1S/C8H11ClO4/c1-8(3-2-4-9)12-6(10)5-7(11)13-8/h2-5H2,1H3. The van der Waals surface area contributed by atoms with Crippen molar-refractivity contribution in [2.45, 2.75) is 32.0 Å². The van der Waals surface area contributed by atoms with Gasteiger partial charge >= 0.3 is 11.9 Å². The van der Waals surface area contributed by atoms with Crippen LogP contribution in [0.15, 0.2) is 0 Å². The molecule has 1 saturated heterocycles. The molecule has 0 radical (unpaired) electrons. The number of hydrogen-bond acceptors (Lipinski definition) is 4. The Morgan fingerprint density at radius 3 is 2.38 bits per heavy atom. The zero-order valence-electron chi connectivity index (χ0n) is 7.34. The maximum absolute atomic E-state index is 10.9. The minimum Gasteiger partial charge on any atom is -0.422 e. The fraction of sp³-hybridized carbons (Fsp3) is 0.750. The Hall–Kier alpha value is -0.770. The molecule has 1 aliphatic rings. The van der Waals surface area contributed by atoms with E-state index in [1.807, 2.05) is 0 Å². The first-order valence-electron chi connectivity index (χ1n) is 4.05. The molecule has 1 rings (SSSR count). The molecule has 1 aliphatic heterocycles. The van der Waals surface area contributed by atoms with E-state index in [9.17, 15) is 9.59 Å². The van der Waals surface area contributed by atoms with Gasteiger partial charge in [-0.15, -0.1) is 11.6 Å². The van der Waals surface area contributed by atoms with Gasteiger partial charge in [-0.25, -0.2) is 0 Å². The summed E-state index contributed by atoms with van der Waals surface area (Å²) in [6.07, 6.45) is 0.781. The van der Waals surface area contributed by atoms with Crippen molar-refractivity contribution in [2.75, 3.05) is 5.88 Å². The second-order valence-corrected chi connectivity index (χ2v) is 3.43. The average molecular weight is 207 g/mol. The lowest BCUT2D eigenvalue weighted by Gasteiger charge is -2.32. The quantitative estimate of drug-likeness (QED) is 0.396. The summed E-state index contributed by atoms with van der Waals surface area (Å²) in [7, 11) is 0. The number of carbonyl (C=O) groups excluding carboxylic acids is 2. The van der Waals surface area contributed by atoms with E-state index in [0.29, 0.717) is 18.7 Å². The second-order valence-electron chi connectivity index (χ2n) is 3.05. The predicted octanol–water partition coefficient (Wildman–Crippen LogP) is 1.21. The molecule has 0 bridgehead atoms. The van der Waals surface area contributed by atoms with Crippen LogP contribution in [0.5, 0.6) is 0 Å². The van der Waals surface area contributed by atoms with Gasteiger partial charge in [0.05, 0.1) is 0 Å². The first kappa shape index (κ1) is 10.3. The van der Waals surface area contributed by atoms with Crippen LogP contribution in [0.25, 0.3) is 0 Å². The van der Waals surface area contributed by atoms with E-state index in [1.165, 1.54) is 0 Å². The van der Waals surface area contributed by atoms with E-state index in [2.05, 4.69) is 0 Å². The zero-order chi connectivity index (χ0) is 9.90. The van der Waals surface area contributed by atoms with Crippen LogP contribution in [0.2, 0.25) is 0 Å². The van der Waals surface area contributed by atoms with Crippen molar-refractivity contribution in [3.05, 3.63) is 0 Å². The van der Waals surface area contributed by atoms with Crippen molar-refractivity contribution in [2.24, 2.45) is 0 Å². The van der Waals surface area contributed by atoms with Crippen LogP contribution < -0.4 is 0 Å². The molecular weight excluding hydrogens is 196 g/mol. The smallest absolute Gasteiger partial charge is 0.320 e. The molecule has 0 aromatic rings. The van der Waals surface area contributed by atoms with Crippen molar-refractivity contribution < 1.29 is 19.1 Å². The van der Waals surface area contributed by atoms with Crippen LogP contribution in [0, 0.1) is 0 Å². The van der Waals surface area contributed by atoms with Crippen molar-refractivity contribution in [3.63, 3.8) is 0 Å². The molecule has 5 heteroatoms. The largest absolute Gasteiger partial charge is 0.422 e. The highest BCUT2D eigenvalue weighted by Gasteiger charge is 2.38. The van der Waals surface area contributed by atoms with Crippen molar-refractivity contribution in [1.29, 1.82) is 0 Å². The maximum Gasteiger partial charge on any atom is 0.320 e. The highest BCUT2D eigenvalue weighted by atomic mass is 35.5. The van der Waals surface area contributed by atoms with Crippen LogP contribution >= 0.6 is 11.6 Å². The fourth-order valence-electron chi connectivity index (χ4n) is 1.18. The zero-order valence-corrected chi connectivity index (χ0v) is 8.10. The number of esters is 2. The molecule has 0 N–H and O–H groups in total. The Balaban J connectivity index is 2.55. The fourth-order valence-corrected chi connectivity index (χ4v) is 1.32. The molecule has 0 atom stereocenters. The molecule has 0 aliphatic carbocycles. The maximum atomic E-state index is 10.9. The van der Waals surface area contributed by atoms with E-state index < -0.39 is 17.7 Å². The summed E-state index contributed by atoms with van der Waals surface area (Å²) >= 11 is 5.47. The lowest BCUT2D eigenvalue weighted by Crippen LogP contribution is -2.42. The third-order valence-electron chi connectivity index (χ3n) is 1.71. The van der Waals surface area contributed by atoms with Gasteiger partial charge in [-0.2, -0.15) is 0 Å². The molecule has 4 nitrogen and oxygen atoms in total. The average Bonchev–Trinajstić information content (AvgIpc) is 1.98. The number of hydrogen-bond donors (Lipinski definition) is 0. The monoisotopic (exact) mass is 206 g/mol. The van der Waals surface area contributed by atoms with Gasteiger partial charge in [-0.1, -0.05) is 0 Å². The summed E-state index contributed by atoms with van der Waals surface area (Å²) in [6.45, 7) is 1.56. The Morgan fingerprint density at radius 2 is 1.92 bits per heavy atom. The first-order valence-corrected chi connectivity index (χ1v) is 4.59. The van der Waals surface area contributed by atoms with Gasteiger partial charge in [0.15, 0.2) is 0 Å². The van der Waals surface area contributed by atoms with E-state index in [4.69, 9.17) is 21.1 Å². The normalized spacial score (nSPS) is 20.8. The minimum atomic E-state index is -1.11. The first-order chi connectivity index (χ1) is 6.06. The molecule has 0 aromatic heterocycles. The third-order valence-corrected chi connectivity index (χ3v) is 1.98. The van der Waals surface area contributed by atoms with Crippen LogP contribution in [0.4, 0.5) is 0 Å². The van der Waals surface area contributed by atoms with Gasteiger partial charge in [0, 0.05) is 19.2 Å². The van der Waals surface area contributed by atoms with Crippen LogP contribution in [-0.4, -0.2) is 23.6 Å². The highest BCUT2D eigenvalue weighted by Crippen LogP contribution is 2.25. The number of alkyl halides is 1. The Kier molecular flexibility index (Phi) is 3.14. The van der Waals surface area contributed by atoms with Gasteiger partial charge in [0.2, 0.25) is 0 Å². The van der Waals surface area contributed by atoms with Crippen LogP contribution in [0.1, 0.15) is 26.2 Å². The van der Waals surface area contributed by atoms with Crippen LogP contribution in [0.3, 0.4) is 0 Å². The Bertz CT molecular complexity index is 210. The van der Waals surface area contributed by atoms with E-state index in [-0.39, 0.29) is 6.42 Å². The molecule has 1 heterocycles. The lowest BCUT2D eigenvalue weighted by atomic mass is 10.1. The summed E-state index contributed by atoms with van der Waals surface area (Å²) in [5.74, 6) is -1.73. The molecule has 0 unspecified atom stereocenters. The summed E-state index contributed by atoms with van der Waals surface area (Å²) in [4.78, 5) is 21.8. The summed E-state index contributed by atoms with van der Waals surface area (Å²) < 4.78 is 9.81. The number of halogens is 1. The Labute approximate surface area is 81.1 Å². The topological polar surface area (TPSA) is 52.6 Å². The van der Waals surface area contributed by atoms with Crippen LogP contribution in [-0.2, 0) is 19.1 Å². The summed E-state index contributed by atoms with van der Waals surface area (Å²) in [5.41, 5.74) is 0. The number of cyclic esters (lactones) is 2. The van der Waals surface area contributed by atoms with Gasteiger partial charge in [-0.05, 0) is 6.42 Å². The van der Waals surface area contributed by atoms with Crippen molar-refractivity contribution in [3.8, 4) is 0 Å². The second kappa shape index (κ2) is 3.96. The molecule has 0 spiro atoms. The predicted molar refractivity (Wildman–Crippen MR) is 45.2 cm³/mol. The highest BCUT2D eigenvalue weighted by molar-refractivity contribution is 6.17. The summed E-state index contributed by atoms with van der Waals surface area (Å²) in [6, 6.07) is 0. The van der Waals surface area contributed by atoms with Gasteiger partial charge in [-0.3, -0.25) is 9.59 Å². The van der Waals surface area contributed by atoms with Crippen molar-refractivity contribution >= 4 is 23.5 Å². The van der Waals surface area contributed by atoms with E-state index in [1.54, 1.807) is 6.92 Å². The number of ether oxygens (including phenoxy) is 2. The van der Waals surface area contributed by atoms with E-state index in [0.717, 1.165) is 0 Å². The SMILES string of the molecule is CC1(CCCCl)OC(=O)CC(=O)O1. The van der Waals surface area contributed by atoms with Gasteiger partial charge in [0.25, 0.3) is 5.79 Å². The molecule has 0 saturated carbocycles. The third kappa shape index (κ3) is 2.88.